The van der Waals surface area contributed by atoms with Crippen molar-refractivity contribution in [3.8, 4) is 11.1 Å². The third-order valence-electron chi connectivity index (χ3n) is 6.00. The number of amides is 2. The summed E-state index contributed by atoms with van der Waals surface area (Å²) in [7, 11) is 3.77. The molecule has 0 saturated carbocycles. The SMILES string of the molecule is CC(CCC(=O)O)NC(=O)C(CCN(C)C)NC(=O)OCC1c2ccccc2-c2ccccc21. The van der Waals surface area contributed by atoms with Crippen molar-refractivity contribution in [2.75, 3.05) is 27.2 Å². The number of ether oxygens (including phenoxy) is 1. The molecule has 0 radical (unpaired) electrons. The van der Waals surface area contributed by atoms with Crippen LogP contribution in [0.4, 0.5) is 4.79 Å². The highest BCUT2D eigenvalue weighted by atomic mass is 16.5. The van der Waals surface area contributed by atoms with Crippen molar-refractivity contribution in [3.05, 3.63) is 59.7 Å². The van der Waals surface area contributed by atoms with Crippen LogP contribution in [0.3, 0.4) is 0 Å². The number of carbonyl (C=O) groups is 3. The maximum atomic E-state index is 12.8. The monoisotopic (exact) mass is 467 g/mol. The molecule has 2 atom stereocenters. The lowest BCUT2D eigenvalue weighted by Gasteiger charge is -2.23. The summed E-state index contributed by atoms with van der Waals surface area (Å²) in [6.45, 7) is 2.50. The minimum atomic E-state index is -0.915. The fraction of sp³-hybridized carbons (Fsp3) is 0.423. The minimum Gasteiger partial charge on any atom is -0.481 e. The number of carboxylic acid groups (broad SMARTS) is 1. The molecule has 34 heavy (non-hydrogen) atoms. The Bertz CT molecular complexity index is 978. The Morgan fingerprint density at radius 2 is 1.56 bits per heavy atom. The van der Waals surface area contributed by atoms with Crippen LogP contribution in [0, 0.1) is 0 Å². The van der Waals surface area contributed by atoms with Gasteiger partial charge in [0.25, 0.3) is 0 Å². The molecule has 0 spiro atoms. The van der Waals surface area contributed by atoms with Crippen LogP contribution in [0.25, 0.3) is 11.1 Å². The van der Waals surface area contributed by atoms with Gasteiger partial charge < -0.3 is 25.4 Å². The van der Waals surface area contributed by atoms with Crippen molar-refractivity contribution < 1.29 is 24.2 Å². The van der Waals surface area contributed by atoms with Gasteiger partial charge in [-0.25, -0.2) is 4.79 Å². The molecule has 0 bridgehead atoms. The number of carbonyl (C=O) groups excluding carboxylic acids is 2. The summed E-state index contributed by atoms with van der Waals surface area (Å²) in [6.07, 6.45) is 0.0176. The number of fused-ring (bicyclic) bond motifs is 3. The molecule has 0 saturated heterocycles. The molecule has 3 rings (SSSR count). The van der Waals surface area contributed by atoms with Gasteiger partial charge in [-0.15, -0.1) is 0 Å². The molecule has 2 aromatic carbocycles. The number of alkyl carbamates (subject to hydrolysis) is 1. The van der Waals surface area contributed by atoms with E-state index in [9.17, 15) is 14.4 Å². The first-order chi connectivity index (χ1) is 16.3. The first-order valence-corrected chi connectivity index (χ1v) is 11.5. The Morgan fingerprint density at radius 3 is 2.12 bits per heavy atom. The van der Waals surface area contributed by atoms with Gasteiger partial charge in [0.2, 0.25) is 5.91 Å². The zero-order valence-electron chi connectivity index (χ0n) is 19.9. The molecule has 1 aliphatic carbocycles. The number of benzene rings is 2. The number of nitrogens with zero attached hydrogens (tertiary/aromatic N) is 1. The zero-order chi connectivity index (χ0) is 24.7. The molecule has 2 aromatic rings. The van der Waals surface area contributed by atoms with Crippen molar-refractivity contribution in [2.45, 2.75) is 44.2 Å². The van der Waals surface area contributed by atoms with E-state index in [1.165, 1.54) is 0 Å². The van der Waals surface area contributed by atoms with Gasteiger partial charge in [0.15, 0.2) is 0 Å². The second kappa shape index (κ2) is 11.7. The molecular weight excluding hydrogens is 434 g/mol. The van der Waals surface area contributed by atoms with E-state index in [1.807, 2.05) is 55.4 Å². The smallest absolute Gasteiger partial charge is 0.407 e. The van der Waals surface area contributed by atoms with Crippen LogP contribution in [-0.2, 0) is 14.3 Å². The Morgan fingerprint density at radius 1 is 0.971 bits per heavy atom. The molecule has 0 aromatic heterocycles. The van der Waals surface area contributed by atoms with Crippen LogP contribution in [0.5, 0.6) is 0 Å². The summed E-state index contributed by atoms with van der Waals surface area (Å²) in [5, 5.41) is 14.3. The van der Waals surface area contributed by atoms with Gasteiger partial charge >= 0.3 is 12.1 Å². The highest BCUT2D eigenvalue weighted by molar-refractivity contribution is 5.86. The van der Waals surface area contributed by atoms with Gasteiger partial charge in [-0.3, -0.25) is 9.59 Å². The number of hydrogen-bond acceptors (Lipinski definition) is 5. The van der Waals surface area contributed by atoms with E-state index in [-0.39, 0.29) is 30.9 Å². The average molecular weight is 468 g/mol. The van der Waals surface area contributed by atoms with Crippen LogP contribution in [0.15, 0.2) is 48.5 Å². The quantitative estimate of drug-likeness (QED) is 0.468. The second-order valence-corrected chi connectivity index (χ2v) is 8.96. The van der Waals surface area contributed by atoms with E-state index in [0.29, 0.717) is 19.4 Å². The Balaban J connectivity index is 1.62. The molecule has 0 aliphatic heterocycles. The fourth-order valence-corrected chi connectivity index (χ4v) is 4.19. The zero-order valence-corrected chi connectivity index (χ0v) is 19.9. The summed E-state index contributed by atoms with van der Waals surface area (Å²) in [5.41, 5.74) is 4.52. The molecule has 8 nitrogen and oxygen atoms in total. The van der Waals surface area contributed by atoms with Crippen LogP contribution in [-0.4, -0.2) is 67.3 Å². The number of nitrogens with one attached hydrogen (secondary N) is 2. The van der Waals surface area contributed by atoms with E-state index < -0.39 is 18.1 Å². The summed E-state index contributed by atoms with van der Waals surface area (Å²) in [5.74, 6) is -1.33. The van der Waals surface area contributed by atoms with Crippen LogP contribution < -0.4 is 10.6 Å². The average Bonchev–Trinajstić information content (AvgIpc) is 3.12. The standard InChI is InChI=1S/C26H33N3O5/c1-17(12-13-24(30)31)27-25(32)23(14-15-29(2)3)28-26(33)34-16-22-20-10-6-4-8-18(20)19-9-5-7-11-21(19)22/h4-11,17,22-23H,12-16H2,1-3H3,(H,27,32)(H,28,33)(H,30,31). The van der Waals surface area contributed by atoms with Crippen molar-refractivity contribution in [1.82, 2.24) is 15.5 Å². The highest BCUT2D eigenvalue weighted by Gasteiger charge is 2.30. The van der Waals surface area contributed by atoms with E-state index in [4.69, 9.17) is 9.84 Å². The molecular formula is C26H33N3O5. The molecule has 3 N–H and O–H groups in total. The van der Waals surface area contributed by atoms with Gasteiger partial charge in [0.1, 0.15) is 12.6 Å². The number of rotatable bonds is 11. The second-order valence-electron chi connectivity index (χ2n) is 8.96. The highest BCUT2D eigenvalue weighted by Crippen LogP contribution is 2.44. The van der Waals surface area contributed by atoms with Gasteiger partial charge in [0, 0.05) is 18.4 Å². The molecule has 1 aliphatic rings. The van der Waals surface area contributed by atoms with E-state index >= 15 is 0 Å². The Kier molecular flexibility index (Phi) is 8.65. The van der Waals surface area contributed by atoms with Crippen LogP contribution >= 0.6 is 0 Å². The topological polar surface area (TPSA) is 108 Å². The van der Waals surface area contributed by atoms with Gasteiger partial charge in [0.05, 0.1) is 0 Å². The third kappa shape index (κ3) is 6.57. The molecule has 8 heteroatoms. The summed E-state index contributed by atoms with van der Waals surface area (Å²) >= 11 is 0. The first kappa shape index (κ1) is 25.2. The van der Waals surface area contributed by atoms with Crippen molar-refractivity contribution in [2.24, 2.45) is 0 Å². The van der Waals surface area contributed by atoms with Gasteiger partial charge in [-0.1, -0.05) is 48.5 Å². The van der Waals surface area contributed by atoms with E-state index in [2.05, 4.69) is 22.8 Å². The van der Waals surface area contributed by atoms with Crippen molar-refractivity contribution in [3.63, 3.8) is 0 Å². The molecule has 2 amide bonds. The maximum absolute atomic E-state index is 12.8. The third-order valence-corrected chi connectivity index (χ3v) is 6.00. The van der Waals surface area contributed by atoms with Crippen molar-refractivity contribution >= 4 is 18.0 Å². The van der Waals surface area contributed by atoms with E-state index in [1.54, 1.807) is 6.92 Å². The largest absolute Gasteiger partial charge is 0.481 e. The molecule has 2 unspecified atom stereocenters. The molecule has 182 valence electrons. The van der Waals surface area contributed by atoms with E-state index in [0.717, 1.165) is 22.3 Å². The fourth-order valence-electron chi connectivity index (χ4n) is 4.19. The van der Waals surface area contributed by atoms with Gasteiger partial charge in [-0.2, -0.15) is 0 Å². The van der Waals surface area contributed by atoms with Crippen LogP contribution in [0.2, 0.25) is 0 Å². The maximum Gasteiger partial charge on any atom is 0.407 e. The molecule has 0 heterocycles. The predicted octanol–water partition coefficient (Wildman–Crippen LogP) is 3.21. The lowest BCUT2D eigenvalue weighted by molar-refractivity contribution is -0.137. The lowest BCUT2D eigenvalue weighted by Crippen LogP contribution is -2.50. The number of carboxylic acids is 1. The lowest BCUT2D eigenvalue weighted by atomic mass is 9.98. The molecule has 0 fully saturated rings. The van der Waals surface area contributed by atoms with Gasteiger partial charge in [-0.05, 0) is 62.7 Å². The summed E-state index contributed by atoms with van der Waals surface area (Å²) in [4.78, 5) is 38.2. The number of aliphatic carboxylic acids is 1. The summed E-state index contributed by atoms with van der Waals surface area (Å²) < 4.78 is 5.59. The predicted molar refractivity (Wildman–Crippen MR) is 130 cm³/mol. The van der Waals surface area contributed by atoms with Crippen molar-refractivity contribution in [1.29, 1.82) is 0 Å². The normalized spacial score (nSPS) is 14.1. The first-order valence-electron chi connectivity index (χ1n) is 11.5. The minimum absolute atomic E-state index is 0.0381. The van der Waals surface area contributed by atoms with Crippen LogP contribution in [0.1, 0.15) is 43.2 Å². The Hall–Kier alpha value is -3.39. The summed E-state index contributed by atoms with van der Waals surface area (Å²) in [6, 6.07) is 15.1. The number of hydrogen-bond donors (Lipinski definition) is 3. The Labute approximate surface area is 200 Å².